The van der Waals surface area contributed by atoms with Gasteiger partial charge in [0.15, 0.2) is 18.1 Å². The minimum Gasteiger partial charge on any atom is -0.493 e. The van der Waals surface area contributed by atoms with Gasteiger partial charge in [-0.1, -0.05) is 34.8 Å². The number of halogens is 3. The van der Waals surface area contributed by atoms with Gasteiger partial charge in [0.2, 0.25) is 0 Å². The Morgan fingerprint density at radius 3 is 2.48 bits per heavy atom. The molecule has 0 saturated carbocycles. The lowest BCUT2D eigenvalue weighted by Crippen LogP contribution is -2.15. The molecule has 7 nitrogen and oxygen atoms in total. The van der Waals surface area contributed by atoms with Crippen LogP contribution in [0.2, 0.25) is 15.1 Å². The number of nitriles is 1. The van der Waals surface area contributed by atoms with E-state index >= 15 is 0 Å². The van der Waals surface area contributed by atoms with Crippen LogP contribution in [0.3, 0.4) is 0 Å². The van der Waals surface area contributed by atoms with Gasteiger partial charge in [0.05, 0.1) is 28.8 Å². The normalized spacial score (nSPS) is 10.8. The Morgan fingerprint density at radius 1 is 1.13 bits per heavy atom. The highest BCUT2D eigenvalue weighted by Crippen LogP contribution is 2.37. The van der Waals surface area contributed by atoms with Crippen LogP contribution in [-0.2, 0) is 14.3 Å². The number of nitrogens with one attached hydrogen (secondary N) is 1. The highest BCUT2D eigenvalue weighted by molar-refractivity contribution is 6.42. The van der Waals surface area contributed by atoms with Crippen LogP contribution in [0.5, 0.6) is 11.5 Å². The number of esters is 1. The molecule has 1 amide bonds. The Labute approximate surface area is 194 Å². The van der Waals surface area contributed by atoms with E-state index in [0.717, 1.165) is 0 Å². The van der Waals surface area contributed by atoms with Crippen LogP contribution in [0.15, 0.2) is 35.9 Å². The molecule has 1 N–H and O–H groups in total. The van der Waals surface area contributed by atoms with Crippen molar-refractivity contribution in [2.24, 2.45) is 0 Å². The molecular formula is C21H17Cl3N2O5. The van der Waals surface area contributed by atoms with Crippen LogP contribution in [0.25, 0.3) is 6.08 Å². The van der Waals surface area contributed by atoms with Crippen molar-refractivity contribution in [1.82, 2.24) is 0 Å². The van der Waals surface area contributed by atoms with Gasteiger partial charge in [-0.15, -0.1) is 0 Å². The van der Waals surface area contributed by atoms with Gasteiger partial charge in [-0.25, -0.2) is 4.79 Å². The molecule has 0 aliphatic rings. The van der Waals surface area contributed by atoms with Crippen LogP contribution in [0, 0.1) is 11.3 Å². The largest absolute Gasteiger partial charge is 0.493 e. The van der Waals surface area contributed by atoms with E-state index in [1.165, 1.54) is 37.5 Å². The molecule has 0 saturated heterocycles. The number of ether oxygens (including phenoxy) is 3. The average molecular weight is 484 g/mol. The molecule has 2 rings (SSSR count). The van der Waals surface area contributed by atoms with Gasteiger partial charge in [0.1, 0.15) is 11.6 Å². The van der Waals surface area contributed by atoms with Crippen molar-refractivity contribution in [2.45, 2.75) is 6.92 Å². The number of rotatable bonds is 8. The minimum absolute atomic E-state index is 0.122. The summed E-state index contributed by atoms with van der Waals surface area (Å²) in [7, 11) is 1.39. The zero-order valence-electron chi connectivity index (χ0n) is 16.5. The van der Waals surface area contributed by atoms with Crippen molar-refractivity contribution in [3.8, 4) is 17.6 Å². The molecule has 0 atom stereocenters. The van der Waals surface area contributed by atoms with E-state index in [9.17, 15) is 14.9 Å². The smallest absolute Gasteiger partial charge is 0.344 e. The second kappa shape index (κ2) is 11.5. The lowest BCUT2D eigenvalue weighted by Gasteiger charge is -2.13. The fraction of sp³-hybridized carbons (Fsp3) is 0.190. The van der Waals surface area contributed by atoms with Crippen LogP contribution in [0.1, 0.15) is 12.5 Å². The molecule has 2 aromatic rings. The topological polar surface area (TPSA) is 97.7 Å². The molecule has 0 aliphatic carbocycles. The first-order valence-corrected chi connectivity index (χ1v) is 9.96. The number of hydrogen-bond donors (Lipinski definition) is 1. The zero-order chi connectivity index (χ0) is 23.0. The second-order valence-electron chi connectivity index (χ2n) is 5.88. The molecule has 31 heavy (non-hydrogen) atoms. The van der Waals surface area contributed by atoms with Crippen LogP contribution >= 0.6 is 34.8 Å². The Kier molecular flexibility index (Phi) is 9.01. The number of benzene rings is 2. The fourth-order valence-corrected chi connectivity index (χ4v) is 2.96. The monoisotopic (exact) mass is 482 g/mol. The summed E-state index contributed by atoms with van der Waals surface area (Å²) in [5.74, 6) is -0.868. The van der Waals surface area contributed by atoms with Gasteiger partial charge >= 0.3 is 5.97 Å². The van der Waals surface area contributed by atoms with Gasteiger partial charge in [0.25, 0.3) is 5.91 Å². The predicted octanol–water partition coefficient (Wildman–Crippen LogP) is 5.14. The maximum atomic E-state index is 12.5. The zero-order valence-corrected chi connectivity index (χ0v) is 18.8. The van der Waals surface area contributed by atoms with Crippen molar-refractivity contribution < 1.29 is 23.8 Å². The summed E-state index contributed by atoms with van der Waals surface area (Å²) in [5.41, 5.74) is 0.592. The molecule has 0 unspecified atom stereocenters. The molecule has 0 aromatic heterocycles. The van der Waals surface area contributed by atoms with E-state index in [1.54, 1.807) is 13.0 Å². The van der Waals surface area contributed by atoms with E-state index in [-0.39, 0.29) is 40.3 Å². The molecule has 0 radical (unpaired) electrons. The van der Waals surface area contributed by atoms with E-state index < -0.39 is 11.9 Å². The summed E-state index contributed by atoms with van der Waals surface area (Å²) in [6.45, 7) is 1.55. The Morgan fingerprint density at radius 2 is 1.87 bits per heavy atom. The van der Waals surface area contributed by atoms with Crippen molar-refractivity contribution >= 4 is 58.4 Å². The minimum atomic E-state index is -0.654. The van der Waals surface area contributed by atoms with Crippen molar-refractivity contribution in [3.05, 3.63) is 56.5 Å². The summed E-state index contributed by atoms with van der Waals surface area (Å²) >= 11 is 18.0. The van der Waals surface area contributed by atoms with Crippen molar-refractivity contribution in [2.75, 3.05) is 25.6 Å². The number of carbonyl (C=O) groups is 2. The fourth-order valence-electron chi connectivity index (χ4n) is 2.38. The Balaban J connectivity index is 2.25. The van der Waals surface area contributed by atoms with Gasteiger partial charge in [-0.2, -0.15) is 5.26 Å². The Hall–Kier alpha value is -2.92. The van der Waals surface area contributed by atoms with Crippen molar-refractivity contribution in [3.63, 3.8) is 0 Å². The summed E-state index contributed by atoms with van der Waals surface area (Å²) in [6, 6.07) is 9.35. The number of amides is 1. The highest BCUT2D eigenvalue weighted by atomic mass is 35.5. The third-order valence-corrected chi connectivity index (χ3v) is 4.76. The lowest BCUT2D eigenvalue weighted by molar-refractivity contribution is -0.145. The third kappa shape index (κ3) is 6.79. The van der Waals surface area contributed by atoms with Crippen LogP contribution in [0.4, 0.5) is 5.69 Å². The molecule has 0 aliphatic heterocycles. The quantitative estimate of drug-likeness (QED) is 0.317. The number of hydrogen-bond acceptors (Lipinski definition) is 6. The maximum Gasteiger partial charge on any atom is 0.344 e. The van der Waals surface area contributed by atoms with Crippen LogP contribution in [-0.4, -0.2) is 32.2 Å². The van der Waals surface area contributed by atoms with E-state index in [2.05, 4.69) is 5.32 Å². The van der Waals surface area contributed by atoms with Gasteiger partial charge in [-0.3, -0.25) is 4.79 Å². The van der Waals surface area contributed by atoms with E-state index in [1.807, 2.05) is 6.07 Å². The number of nitrogens with zero attached hydrogens (tertiary/aromatic N) is 1. The first-order chi connectivity index (χ1) is 14.8. The summed E-state index contributed by atoms with van der Waals surface area (Å²) in [6.07, 6.45) is 1.33. The standard InChI is InChI=1S/C21H17Cl3N2O5/c1-3-30-19(27)11-31-20-17(24)7-12(8-18(20)29-2)6-13(10-25)21(28)26-14-4-5-15(22)16(23)9-14/h4-9H,3,11H2,1-2H3,(H,26,28)/b13-6+. The SMILES string of the molecule is CCOC(=O)COc1c(Cl)cc(/C=C(\C#N)C(=O)Nc2ccc(Cl)c(Cl)c2)cc1OC. The van der Waals surface area contributed by atoms with Gasteiger partial charge < -0.3 is 19.5 Å². The molecular weight excluding hydrogens is 467 g/mol. The van der Waals surface area contributed by atoms with E-state index in [4.69, 9.17) is 49.0 Å². The third-order valence-electron chi connectivity index (χ3n) is 3.75. The van der Waals surface area contributed by atoms with Gasteiger partial charge in [-0.05, 0) is 48.9 Å². The number of carbonyl (C=O) groups excluding carboxylic acids is 2. The van der Waals surface area contributed by atoms with Crippen molar-refractivity contribution in [1.29, 1.82) is 5.26 Å². The first-order valence-electron chi connectivity index (χ1n) is 8.83. The number of methoxy groups -OCH3 is 1. The molecule has 0 bridgehead atoms. The molecule has 0 spiro atoms. The maximum absolute atomic E-state index is 12.5. The number of anilines is 1. The van der Waals surface area contributed by atoms with Crippen LogP contribution < -0.4 is 14.8 Å². The van der Waals surface area contributed by atoms with E-state index in [0.29, 0.717) is 16.3 Å². The molecule has 2 aromatic carbocycles. The van der Waals surface area contributed by atoms with Gasteiger partial charge in [0, 0.05) is 5.69 Å². The summed E-state index contributed by atoms with van der Waals surface area (Å²) in [4.78, 5) is 24.0. The predicted molar refractivity (Wildman–Crippen MR) is 119 cm³/mol. The first kappa shape index (κ1) is 24.4. The molecule has 162 valence electrons. The highest BCUT2D eigenvalue weighted by Gasteiger charge is 2.16. The summed E-state index contributed by atoms with van der Waals surface area (Å²) < 4.78 is 15.4. The lowest BCUT2D eigenvalue weighted by atomic mass is 10.1. The molecule has 0 fully saturated rings. The molecule has 10 heteroatoms. The average Bonchev–Trinajstić information content (AvgIpc) is 2.73. The Bertz CT molecular complexity index is 1060. The summed E-state index contributed by atoms with van der Waals surface area (Å²) in [5, 5.41) is 12.7. The molecule has 0 heterocycles. The second-order valence-corrected chi connectivity index (χ2v) is 7.10.